The molecule has 1 atom stereocenters. The van der Waals surface area contributed by atoms with Crippen molar-refractivity contribution in [3.8, 4) is 28.1 Å². The fourth-order valence-electron chi connectivity index (χ4n) is 5.76. The molecular formula is C40H56FNO2. The molecule has 44 heavy (non-hydrogen) atoms. The molecule has 0 fully saturated rings. The Balaban J connectivity index is 1.50. The summed E-state index contributed by atoms with van der Waals surface area (Å²) in [5, 5.41) is 0. The Bertz CT molecular complexity index is 1200. The summed E-state index contributed by atoms with van der Waals surface area (Å²) >= 11 is 0. The van der Waals surface area contributed by atoms with Crippen molar-refractivity contribution in [2.75, 3.05) is 0 Å². The van der Waals surface area contributed by atoms with Gasteiger partial charge >= 0.3 is 5.97 Å². The first-order valence-electron chi connectivity index (χ1n) is 17.5. The molecule has 0 N–H and O–H groups in total. The SMILES string of the molecule is CCCCCCCCCCc1ccc(-c2ccccc2-c2ccc(OC(=O)C(C)(F)CCCCCCCCCC)cc2)nc1. The zero-order valence-corrected chi connectivity index (χ0v) is 27.7. The highest BCUT2D eigenvalue weighted by Gasteiger charge is 2.34. The van der Waals surface area contributed by atoms with Crippen molar-refractivity contribution < 1.29 is 13.9 Å². The molecule has 3 rings (SSSR count). The predicted octanol–water partition coefficient (Wildman–Crippen LogP) is 12.3. The third-order valence-corrected chi connectivity index (χ3v) is 8.65. The Morgan fingerprint density at radius 2 is 1.23 bits per heavy atom. The molecule has 0 aliphatic rings. The van der Waals surface area contributed by atoms with Crippen LogP contribution in [0.2, 0.25) is 0 Å². The molecule has 1 aromatic heterocycles. The number of carbonyl (C=O) groups is 1. The van der Waals surface area contributed by atoms with Gasteiger partial charge in [-0.05, 0) is 67.5 Å². The molecule has 240 valence electrons. The van der Waals surface area contributed by atoms with Crippen LogP contribution in [-0.2, 0) is 11.2 Å². The topological polar surface area (TPSA) is 39.2 Å². The molecule has 1 unspecified atom stereocenters. The number of nitrogens with zero attached hydrogens (tertiary/aromatic N) is 1. The molecule has 3 nitrogen and oxygen atoms in total. The quantitative estimate of drug-likeness (QED) is 0.0653. The van der Waals surface area contributed by atoms with Crippen LogP contribution in [0, 0.1) is 0 Å². The van der Waals surface area contributed by atoms with Crippen molar-refractivity contribution in [1.29, 1.82) is 0 Å². The van der Waals surface area contributed by atoms with E-state index in [0.717, 1.165) is 41.6 Å². The van der Waals surface area contributed by atoms with E-state index in [2.05, 4.69) is 38.1 Å². The molecule has 4 heteroatoms. The van der Waals surface area contributed by atoms with E-state index in [4.69, 9.17) is 9.72 Å². The summed E-state index contributed by atoms with van der Waals surface area (Å²) in [5.41, 5.74) is 3.33. The number of hydrogen-bond acceptors (Lipinski definition) is 3. The number of aromatic nitrogens is 1. The highest BCUT2D eigenvalue weighted by atomic mass is 19.1. The smallest absolute Gasteiger partial charge is 0.348 e. The van der Waals surface area contributed by atoms with Crippen LogP contribution in [-0.4, -0.2) is 16.6 Å². The van der Waals surface area contributed by atoms with Crippen LogP contribution in [0.4, 0.5) is 4.39 Å². The van der Waals surface area contributed by atoms with Crippen LogP contribution in [0.5, 0.6) is 5.75 Å². The first-order chi connectivity index (χ1) is 21.4. The molecule has 0 bridgehead atoms. The fourth-order valence-corrected chi connectivity index (χ4v) is 5.76. The number of rotatable bonds is 22. The molecule has 0 saturated heterocycles. The van der Waals surface area contributed by atoms with Crippen molar-refractivity contribution in [3.05, 3.63) is 72.4 Å². The lowest BCUT2D eigenvalue weighted by Crippen LogP contribution is -2.34. The van der Waals surface area contributed by atoms with E-state index in [9.17, 15) is 4.79 Å². The molecule has 2 aromatic carbocycles. The van der Waals surface area contributed by atoms with Crippen LogP contribution in [0.3, 0.4) is 0 Å². The summed E-state index contributed by atoms with van der Waals surface area (Å²) in [4.78, 5) is 17.4. The number of pyridine rings is 1. The van der Waals surface area contributed by atoms with Gasteiger partial charge in [-0.3, -0.25) is 4.98 Å². The summed E-state index contributed by atoms with van der Waals surface area (Å²) in [6.45, 7) is 5.82. The summed E-state index contributed by atoms with van der Waals surface area (Å²) in [6.07, 6.45) is 22.8. The van der Waals surface area contributed by atoms with E-state index in [1.165, 1.54) is 96.0 Å². The largest absolute Gasteiger partial charge is 0.424 e. The highest BCUT2D eigenvalue weighted by molar-refractivity contribution is 5.83. The van der Waals surface area contributed by atoms with Gasteiger partial charge < -0.3 is 4.74 Å². The van der Waals surface area contributed by atoms with Crippen molar-refractivity contribution in [1.82, 2.24) is 4.98 Å². The highest BCUT2D eigenvalue weighted by Crippen LogP contribution is 2.32. The molecule has 0 aliphatic heterocycles. The Morgan fingerprint density at radius 3 is 1.80 bits per heavy atom. The van der Waals surface area contributed by atoms with Gasteiger partial charge in [0.1, 0.15) is 5.75 Å². The molecule has 0 amide bonds. The number of esters is 1. The molecule has 3 aromatic rings. The van der Waals surface area contributed by atoms with Gasteiger partial charge in [-0.15, -0.1) is 0 Å². The number of ether oxygens (including phenoxy) is 1. The lowest BCUT2D eigenvalue weighted by atomic mass is 9.96. The van der Waals surface area contributed by atoms with Crippen LogP contribution in [0.15, 0.2) is 66.9 Å². The van der Waals surface area contributed by atoms with Gasteiger partial charge in [0.15, 0.2) is 0 Å². The summed E-state index contributed by atoms with van der Waals surface area (Å²) in [7, 11) is 0. The predicted molar refractivity (Wildman–Crippen MR) is 184 cm³/mol. The third-order valence-electron chi connectivity index (χ3n) is 8.65. The van der Waals surface area contributed by atoms with Crippen molar-refractivity contribution in [2.24, 2.45) is 0 Å². The minimum atomic E-state index is -1.99. The molecule has 0 saturated carbocycles. The maximum absolute atomic E-state index is 15.1. The number of benzene rings is 2. The van der Waals surface area contributed by atoms with Gasteiger partial charge in [0.25, 0.3) is 0 Å². The van der Waals surface area contributed by atoms with Crippen LogP contribution < -0.4 is 4.74 Å². The van der Waals surface area contributed by atoms with E-state index >= 15 is 4.39 Å². The second-order valence-electron chi connectivity index (χ2n) is 12.7. The Hall–Kier alpha value is -3.01. The van der Waals surface area contributed by atoms with Gasteiger partial charge in [-0.25, -0.2) is 9.18 Å². The average Bonchev–Trinajstić information content (AvgIpc) is 3.04. The van der Waals surface area contributed by atoms with Crippen LogP contribution in [0.1, 0.15) is 135 Å². The molecule has 0 aliphatic carbocycles. The number of carbonyl (C=O) groups excluding carboxylic acids is 1. The normalized spacial score (nSPS) is 12.6. The van der Waals surface area contributed by atoms with Gasteiger partial charge in [-0.2, -0.15) is 0 Å². The van der Waals surface area contributed by atoms with Crippen LogP contribution >= 0.6 is 0 Å². The zero-order chi connectivity index (χ0) is 31.5. The minimum absolute atomic E-state index is 0.192. The lowest BCUT2D eigenvalue weighted by Gasteiger charge is -2.18. The van der Waals surface area contributed by atoms with E-state index in [0.29, 0.717) is 12.2 Å². The first-order valence-corrected chi connectivity index (χ1v) is 17.5. The van der Waals surface area contributed by atoms with Gasteiger partial charge in [-0.1, -0.05) is 146 Å². The number of hydrogen-bond donors (Lipinski definition) is 0. The van der Waals surface area contributed by atoms with Crippen molar-refractivity contribution >= 4 is 5.97 Å². The van der Waals surface area contributed by atoms with E-state index in [1.807, 2.05) is 30.5 Å². The van der Waals surface area contributed by atoms with E-state index < -0.39 is 11.6 Å². The van der Waals surface area contributed by atoms with Gasteiger partial charge in [0.2, 0.25) is 5.67 Å². The Labute approximate surface area is 267 Å². The van der Waals surface area contributed by atoms with Crippen molar-refractivity contribution in [3.63, 3.8) is 0 Å². The zero-order valence-electron chi connectivity index (χ0n) is 27.7. The first kappa shape index (κ1) is 35.5. The van der Waals surface area contributed by atoms with Gasteiger partial charge in [0, 0.05) is 11.8 Å². The maximum atomic E-state index is 15.1. The summed E-state index contributed by atoms with van der Waals surface area (Å²) in [6, 6.07) is 19.9. The van der Waals surface area contributed by atoms with E-state index in [1.54, 1.807) is 12.1 Å². The summed E-state index contributed by atoms with van der Waals surface area (Å²) < 4.78 is 20.6. The number of halogens is 1. The summed E-state index contributed by atoms with van der Waals surface area (Å²) in [5.74, 6) is -0.454. The average molecular weight is 602 g/mol. The second kappa shape index (κ2) is 20.1. The lowest BCUT2D eigenvalue weighted by molar-refractivity contribution is -0.147. The maximum Gasteiger partial charge on any atom is 0.348 e. The van der Waals surface area contributed by atoms with Gasteiger partial charge in [0.05, 0.1) is 5.69 Å². The molecule has 1 heterocycles. The minimum Gasteiger partial charge on any atom is -0.424 e. The van der Waals surface area contributed by atoms with Crippen LogP contribution in [0.25, 0.3) is 22.4 Å². The number of alkyl halides is 1. The molecule has 0 radical (unpaired) electrons. The van der Waals surface area contributed by atoms with E-state index in [-0.39, 0.29) is 6.42 Å². The number of unbranched alkanes of at least 4 members (excludes halogenated alkanes) is 14. The third kappa shape index (κ3) is 12.5. The molecule has 0 spiro atoms. The number of aryl methyl sites for hydroxylation is 1. The fraction of sp³-hybridized carbons (Fsp3) is 0.550. The monoisotopic (exact) mass is 601 g/mol. The Morgan fingerprint density at radius 1 is 0.682 bits per heavy atom. The second-order valence-corrected chi connectivity index (χ2v) is 12.7. The standard InChI is InChI=1S/C40H56FNO2/c1-4-6-8-10-12-14-16-18-22-33-25-30-38(42-32-33)37-24-20-19-23-36(37)34-26-28-35(29-27-34)44-39(43)40(3,41)31-21-17-15-13-11-9-7-5-2/h19-20,23-30,32H,4-18,21-22,31H2,1-3H3. The molecular weight excluding hydrogens is 545 g/mol. The Kier molecular flexibility index (Phi) is 16.2. The van der Waals surface area contributed by atoms with Crippen molar-refractivity contribution in [2.45, 2.75) is 142 Å².